The predicted octanol–water partition coefficient (Wildman–Crippen LogP) is 2.12. The van der Waals surface area contributed by atoms with E-state index in [0.717, 1.165) is 16.7 Å². The van der Waals surface area contributed by atoms with Crippen molar-refractivity contribution in [2.24, 2.45) is 0 Å². The van der Waals surface area contributed by atoms with Gasteiger partial charge in [-0.2, -0.15) is 0 Å². The zero-order valence-corrected chi connectivity index (χ0v) is 10.3. The number of ether oxygens (including phenoxy) is 1. The summed E-state index contributed by atoms with van der Waals surface area (Å²) in [6.07, 6.45) is 0. The van der Waals surface area contributed by atoms with Crippen molar-refractivity contribution in [3.63, 3.8) is 0 Å². The van der Waals surface area contributed by atoms with Gasteiger partial charge in [0, 0.05) is 5.39 Å². The summed E-state index contributed by atoms with van der Waals surface area (Å²) in [5.74, 6) is 0.584. The Labute approximate surface area is 97.2 Å². The average molecular weight is 257 g/mol. The molecule has 0 aliphatic heterocycles. The fourth-order valence-corrected chi connectivity index (χ4v) is 3.77. The summed E-state index contributed by atoms with van der Waals surface area (Å²) < 4.78 is 38.8. The first-order valence-corrected chi connectivity index (χ1v) is 6.69. The summed E-state index contributed by atoms with van der Waals surface area (Å²) in [5, 5.41) is 0.749. The number of rotatable bonds is 2. The molecule has 6 heteroatoms. The van der Waals surface area contributed by atoms with Gasteiger partial charge in [-0.05, 0) is 18.6 Å². The van der Waals surface area contributed by atoms with Gasteiger partial charge in [0.25, 0.3) is 0 Å². The molecule has 0 atom stereocenters. The van der Waals surface area contributed by atoms with Crippen molar-refractivity contribution in [2.45, 2.75) is 11.1 Å². The molecule has 0 aliphatic carbocycles. The van der Waals surface area contributed by atoms with Gasteiger partial charge in [-0.3, -0.25) is 0 Å². The molecular formula is C10H9O4S2-. The molecule has 0 amide bonds. The highest BCUT2D eigenvalue weighted by Crippen LogP contribution is 2.38. The van der Waals surface area contributed by atoms with E-state index in [9.17, 15) is 13.0 Å². The van der Waals surface area contributed by atoms with Crippen LogP contribution in [-0.4, -0.2) is 20.1 Å². The van der Waals surface area contributed by atoms with Crippen LogP contribution >= 0.6 is 11.3 Å². The van der Waals surface area contributed by atoms with Crippen LogP contribution in [0.15, 0.2) is 22.4 Å². The fraction of sp³-hybridized carbons (Fsp3) is 0.200. The summed E-state index contributed by atoms with van der Waals surface area (Å²) in [5.41, 5.74) is 0.494. The Bertz CT molecular complexity index is 640. The zero-order valence-electron chi connectivity index (χ0n) is 8.68. The lowest BCUT2D eigenvalue weighted by Crippen LogP contribution is -1.96. The van der Waals surface area contributed by atoms with Crippen molar-refractivity contribution in [3.05, 3.63) is 23.8 Å². The lowest BCUT2D eigenvalue weighted by atomic mass is 10.2. The lowest BCUT2D eigenvalue weighted by Gasteiger charge is -2.03. The largest absolute Gasteiger partial charge is 0.743 e. The van der Waals surface area contributed by atoms with E-state index in [1.807, 2.05) is 0 Å². The number of thiophene rings is 1. The zero-order chi connectivity index (χ0) is 11.9. The van der Waals surface area contributed by atoms with Gasteiger partial charge in [0.1, 0.15) is 20.1 Å². The molecule has 2 rings (SSSR count). The Morgan fingerprint density at radius 1 is 1.38 bits per heavy atom. The van der Waals surface area contributed by atoms with Crippen LogP contribution in [0.25, 0.3) is 10.1 Å². The molecule has 2 aromatic rings. The van der Waals surface area contributed by atoms with Crippen molar-refractivity contribution in [3.8, 4) is 5.75 Å². The number of hydrogen-bond donors (Lipinski definition) is 0. The summed E-state index contributed by atoms with van der Waals surface area (Å²) >= 11 is 0.957. The second-order valence-corrected chi connectivity index (χ2v) is 5.90. The second-order valence-electron chi connectivity index (χ2n) is 3.31. The number of aryl methyl sites for hydroxylation is 1. The summed E-state index contributed by atoms with van der Waals surface area (Å²) in [7, 11) is -2.90. The van der Waals surface area contributed by atoms with Gasteiger partial charge in [0.15, 0.2) is 0 Å². The Balaban J connectivity index is 2.88. The molecule has 86 valence electrons. The first kappa shape index (κ1) is 11.4. The topological polar surface area (TPSA) is 66.4 Å². The maximum atomic E-state index is 11.0. The smallest absolute Gasteiger partial charge is 0.136 e. The quantitative estimate of drug-likeness (QED) is 0.773. The van der Waals surface area contributed by atoms with Crippen LogP contribution in [0.5, 0.6) is 5.75 Å². The first-order chi connectivity index (χ1) is 7.45. The highest BCUT2D eigenvalue weighted by molar-refractivity contribution is 7.88. The third kappa shape index (κ3) is 1.68. The Morgan fingerprint density at radius 2 is 2.06 bits per heavy atom. The van der Waals surface area contributed by atoms with Crippen LogP contribution in [0.3, 0.4) is 0 Å². The molecule has 0 unspecified atom stereocenters. The molecule has 0 radical (unpaired) electrons. The number of benzene rings is 1. The molecule has 0 fully saturated rings. The molecule has 0 aliphatic rings. The molecule has 16 heavy (non-hydrogen) atoms. The Morgan fingerprint density at radius 3 is 2.62 bits per heavy atom. The molecule has 0 bridgehead atoms. The maximum absolute atomic E-state index is 11.0. The summed E-state index contributed by atoms with van der Waals surface area (Å²) in [4.78, 5) is 0. The van der Waals surface area contributed by atoms with Crippen molar-refractivity contribution in [1.29, 1.82) is 0 Å². The Kier molecular flexibility index (Phi) is 2.65. The van der Waals surface area contributed by atoms with Crippen LogP contribution < -0.4 is 4.74 Å². The summed E-state index contributed by atoms with van der Waals surface area (Å²) in [6.45, 7) is 1.63. The van der Waals surface area contributed by atoms with Gasteiger partial charge in [0.05, 0.1) is 11.8 Å². The number of hydrogen-bond acceptors (Lipinski definition) is 5. The Hall–Kier alpha value is -1.11. The molecule has 0 spiro atoms. The van der Waals surface area contributed by atoms with Gasteiger partial charge in [-0.15, -0.1) is 11.3 Å². The highest BCUT2D eigenvalue weighted by atomic mass is 32.3. The van der Waals surface area contributed by atoms with E-state index in [4.69, 9.17) is 4.74 Å². The third-order valence-electron chi connectivity index (χ3n) is 2.33. The van der Waals surface area contributed by atoms with Crippen LogP contribution in [0, 0.1) is 6.92 Å². The van der Waals surface area contributed by atoms with Gasteiger partial charge in [-0.25, -0.2) is 8.42 Å². The summed E-state index contributed by atoms with van der Waals surface area (Å²) in [6, 6.07) is 5.28. The molecule has 1 aromatic heterocycles. The van der Waals surface area contributed by atoms with Crippen LogP contribution in [0.2, 0.25) is 0 Å². The van der Waals surface area contributed by atoms with E-state index in [-0.39, 0.29) is 4.21 Å². The van der Waals surface area contributed by atoms with E-state index in [0.29, 0.717) is 16.0 Å². The van der Waals surface area contributed by atoms with Crippen LogP contribution in [-0.2, 0) is 10.1 Å². The van der Waals surface area contributed by atoms with Gasteiger partial charge in [0.2, 0.25) is 0 Å². The van der Waals surface area contributed by atoms with Crippen LogP contribution in [0.1, 0.15) is 5.56 Å². The molecule has 4 nitrogen and oxygen atoms in total. The lowest BCUT2D eigenvalue weighted by molar-refractivity contribution is 0.420. The van der Waals surface area contributed by atoms with E-state index < -0.39 is 10.1 Å². The molecule has 0 N–H and O–H groups in total. The first-order valence-electron chi connectivity index (χ1n) is 4.47. The van der Waals surface area contributed by atoms with E-state index >= 15 is 0 Å². The molecule has 0 saturated carbocycles. The number of fused-ring (bicyclic) bond motifs is 1. The van der Waals surface area contributed by atoms with Gasteiger partial charge < -0.3 is 9.29 Å². The van der Waals surface area contributed by atoms with Crippen LogP contribution in [0.4, 0.5) is 0 Å². The van der Waals surface area contributed by atoms with Crippen molar-refractivity contribution in [2.75, 3.05) is 7.11 Å². The molecular weight excluding hydrogens is 248 g/mol. The normalized spacial score (nSPS) is 11.9. The van der Waals surface area contributed by atoms with E-state index in [2.05, 4.69) is 0 Å². The minimum absolute atomic E-state index is 0.132. The average Bonchev–Trinajstić information content (AvgIpc) is 2.56. The monoisotopic (exact) mass is 257 g/mol. The standard InChI is InChI=1S/C10H10O4S2/c1-6-7-4-3-5-8(14-2)9(7)15-10(6)16(11,12)13/h3-5H,1-2H3,(H,11,12,13)/p-1. The van der Waals surface area contributed by atoms with Crippen molar-refractivity contribution >= 4 is 31.5 Å². The maximum Gasteiger partial charge on any atom is 0.136 e. The minimum Gasteiger partial charge on any atom is -0.743 e. The number of methoxy groups -OCH3 is 1. The van der Waals surface area contributed by atoms with Crippen molar-refractivity contribution in [1.82, 2.24) is 0 Å². The molecule has 0 saturated heterocycles. The second kappa shape index (κ2) is 3.73. The fourth-order valence-electron chi connectivity index (χ4n) is 1.59. The third-order valence-corrected chi connectivity index (χ3v) is 5.07. The van der Waals surface area contributed by atoms with E-state index in [1.165, 1.54) is 7.11 Å². The van der Waals surface area contributed by atoms with Gasteiger partial charge in [-0.1, -0.05) is 12.1 Å². The van der Waals surface area contributed by atoms with Gasteiger partial charge >= 0.3 is 0 Å². The molecule has 1 heterocycles. The predicted molar refractivity (Wildman–Crippen MR) is 61.1 cm³/mol. The molecule has 1 aromatic carbocycles. The SMILES string of the molecule is COc1cccc2c(C)c(S(=O)(=O)[O-])sc12. The van der Waals surface area contributed by atoms with E-state index in [1.54, 1.807) is 25.1 Å². The highest BCUT2D eigenvalue weighted by Gasteiger charge is 2.15. The van der Waals surface area contributed by atoms with Crippen molar-refractivity contribution < 1.29 is 17.7 Å². The minimum atomic E-state index is -4.41.